The van der Waals surface area contributed by atoms with Gasteiger partial charge in [-0.2, -0.15) is 0 Å². The molecule has 1 N–H and O–H groups in total. The van der Waals surface area contributed by atoms with E-state index in [9.17, 15) is 9.59 Å². The number of benzene rings is 2. The Kier molecular flexibility index (Phi) is 4.81. The van der Waals surface area contributed by atoms with Crippen LogP contribution in [0.25, 0.3) is 0 Å². The van der Waals surface area contributed by atoms with E-state index in [0.717, 1.165) is 5.56 Å². The van der Waals surface area contributed by atoms with Crippen molar-refractivity contribution in [2.45, 2.75) is 6.42 Å². The molecule has 7 heteroatoms. The maximum absolute atomic E-state index is 12.4. The topological polar surface area (TPSA) is 67.9 Å². The van der Waals surface area contributed by atoms with Gasteiger partial charge >= 0.3 is 0 Å². The highest BCUT2D eigenvalue weighted by Crippen LogP contribution is 2.39. The molecule has 1 aliphatic heterocycles. The van der Waals surface area contributed by atoms with Crippen LogP contribution in [0.5, 0.6) is 11.5 Å². The summed E-state index contributed by atoms with van der Waals surface area (Å²) in [5, 5.41) is 3.12. The maximum atomic E-state index is 12.4. The molecule has 3 rings (SSSR count). The second-order valence-electron chi connectivity index (χ2n) is 5.81. The lowest BCUT2D eigenvalue weighted by atomic mass is 10.1. The maximum Gasteiger partial charge on any atom is 0.255 e. The first kappa shape index (κ1) is 17.1. The SMILES string of the molecule is CN(C)C(=O)Cc1ccc(NC(=O)c2cc(Cl)c3c(c2)OCO3)cc1. The predicted molar refractivity (Wildman–Crippen MR) is 94.4 cm³/mol. The third kappa shape index (κ3) is 3.85. The van der Waals surface area contributed by atoms with Crippen LogP contribution in [-0.2, 0) is 11.2 Å². The summed E-state index contributed by atoms with van der Waals surface area (Å²) in [6.07, 6.45) is 0.318. The van der Waals surface area contributed by atoms with Crippen molar-refractivity contribution in [3.63, 3.8) is 0 Å². The average Bonchev–Trinajstić information content (AvgIpc) is 3.05. The van der Waals surface area contributed by atoms with Crippen molar-refractivity contribution in [2.24, 2.45) is 0 Å². The molecule has 2 aromatic rings. The van der Waals surface area contributed by atoms with E-state index in [2.05, 4.69) is 5.32 Å². The van der Waals surface area contributed by atoms with Crippen molar-refractivity contribution in [3.05, 3.63) is 52.5 Å². The molecule has 0 aliphatic carbocycles. The van der Waals surface area contributed by atoms with Crippen LogP contribution < -0.4 is 14.8 Å². The van der Waals surface area contributed by atoms with Gasteiger partial charge in [0.15, 0.2) is 11.5 Å². The van der Waals surface area contributed by atoms with Crippen molar-refractivity contribution in [1.82, 2.24) is 4.90 Å². The van der Waals surface area contributed by atoms with Gasteiger partial charge in [-0.15, -0.1) is 0 Å². The van der Waals surface area contributed by atoms with Crippen molar-refractivity contribution >= 4 is 29.1 Å². The molecule has 0 saturated carbocycles. The first-order valence-corrected chi connectivity index (χ1v) is 8.01. The first-order valence-electron chi connectivity index (χ1n) is 7.63. The quantitative estimate of drug-likeness (QED) is 0.910. The smallest absolute Gasteiger partial charge is 0.255 e. The minimum absolute atomic E-state index is 0.0202. The molecule has 0 saturated heterocycles. The highest BCUT2D eigenvalue weighted by Gasteiger charge is 2.20. The number of rotatable bonds is 4. The van der Waals surface area contributed by atoms with Crippen LogP contribution in [0.2, 0.25) is 5.02 Å². The summed E-state index contributed by atoms with van der Waals surface area (Å²) in [6.45, 7) is 0.0905. The summed E-state index contributed by atoms with van der Waals surface area (Å²) in [6, 6.07) is 10.3. The standard InChI is InChI=1S/C18H17ClN2O4/c1-21(2)16(22)7-11-3-5-13(6-4-11)20-18(23)12-8-14(19)17-15(9-12)24-10-25-17/h3-6,8-9H,7,10H2,1-2H3,(H,20,23). The average molecular weight is 361 g/mol. The van der Waals surface area contributed by atoms with Crippen molar-refractivity contribution in [2.75, 3.05) is 26.2 Å². The summed E-state index contributed by atoms with van der Waals surface area (Å²) in [5.41, 5.74) is 1.88. The van der Waals surface area contributed by atoms with E-state index in [1.165, 1.54) is 6.07 Å². The van der Waals surface area contributed by atoms with E-state index < -0.39 is 0 Å². The Morgan fingerprint density at radius 1 is 1.16 bits per heavy atom. The van der Waals surface area contributed by atoms with Crippen LogP contribution >= 0.6 is 11.6 Å². The molecular weight excluding hydrogens is 344 g/mol. The second kappa shape index (κ2) is 7.03. The van der Waals surface area contributed by atoms with Crippen molar-refractivity contribution in [1.29, 1.82) is 0 Å². The molecule has 0 bridgehead atoms. The molecule has 2 amide bonds. The number of hydrogen-bond donors (Lipinski definition) is 1. The summed E-state index contributed by atoms with van der Waals surface area (Å²) >= 11 is 6.10. The zero-order valence-corrected chi connectivity index (χ0v) is 14.6. The third-order valence-corrected chi connectivity index (χ3v) is 4.04. The Bertz CT molecular complexity index is 819. The van der Waals surface area contributed by atoms with E-state index in [-0.39, 0.29) is 18.6 Å². The van der Waals surface area contributed by atoms with Crippen LogP contribution in [0, 0.1) is 0 Å². The monoisotopic (exact) mass is 360 g/mol. The van der Waals surface area contributed by atoms with Crippen LogP contribution in [-0.4, -0.2) is 37.6 Å². The summed E-state index contributed by atoms with van der Waals surface area (Å²) in [7, 11) is 3.43. The second-order valence-corrected chi connectivity index (χ2v) is 6.22. The lowest BCUT2D eigenvalue weighted by molar-refractivity contribution is -0.127. The molecule has 130 valence electrons. The molecule has 0 aromatic heterocycles. The number of hydrogen-bond acceptors (Lipinski definition) is 4. The van der Waals surface area contributed by atoms with Gasteiger partial charge in [0.05, 0.1) is 11.4 Å². The van der Waals surface area contributed by atoms with Gasteiger partial charge in [0.2, 0.25) is 12.7 Å². The zero-order valence-electron chi connectivity index (χ0n) is 13.8. The lowest BCUT2D eigenvalue weighted by Crippen LogP contribution is -2.23. The van der Waals surface area contributed by atoms with Crippen LogP contribution in [0.15, 0.2) is 36.4 Å². The molecule has 1 aliphatic rings. The molecule has 6 nitrogen and oxygen atoms in total. The van der Waals surface area contributed by atoms with Crippen molar-refractivity contribution < 1.29 is 19.1 Å². The number of carbonyl (C=O) groups is 2. The van der Waals surface area contributed by atoms with Gasteiger partial charge in [-0.1, -0.05) is 23.7 Å². The molecule has 25 heavy (non-hydrogen) atoms. The Labute approximate surface area is 150 Å². The Balaban J connectivity index is 1.69. The summed E-state index contributed by atoms with van der Waals surface area (Å²) in [5.74, 6) is 0.618. The number of carbonyl (C=O) groups excluding carboxylic acids is 2. The van der Waals surface area contributed by atoms with E-state index >= 15 is 0 Å². The highest BCUT2D eigenvalue weighted by atomic mass is 35.5. The van der Waals surface area contributed by atoms with Gasteiger partial charge in [0.1, 0.15) is 0 Å². The molecule has 0 spiro atoms. The number of nitrogens with zero attached hydrogens (tertiary/aromatic N) is 1. The third-order valence-electron chi connectivity index (χ3n) is 3.76. The van der Waals surface area contributed by atoms with Crippen LogP contribution in [0.1, 0.15) is 15.9 Å². The Hall–Kier alpha value is -2.73. The normalized spacial score (nSPS) is 12.0. The molecule has 2 aromatic carbocycles. The number of ether oxygens (including phenoxy) is 2. The molecule has 0 radical (unpaired) electrons. The Morgan fingerprint density at radius 2 is 1.88 bits per heavy atom. The van der Waals surface area contributed by atoms with Gasteiger partial charge in [-0.05, 0) is 29.8 Å². The van der Waals surface area contributed by atoms with Crippen LogP contribution in [0.4, 0.5) is 5.69 Å². The van der Waals surface area contributed by atoms with Gasteiger partial charge in [0.25, 0.3) is 5.91 Å². The number of fused-ring (bicyclic) bond motifs is 1. The zero-order chi connectivity index (χ0) is 18.0. The van der Waals surface area contributed by atoms with Crippen LogP contribution in [0.3, 0.4) is 0 Å². The van der Waals surface area contributed by atoms with Crippen molar-refractivity contribution in [3.8, 4) is 11.5 Å². The van der Waals surface area contributed by atoms with E-state index in [1.54, 1.807) is 37.2 Å². The Morgan fingerprint density at radius 3 is 2.56 bits per heavy atom. The predicted octanol–water partition coefficient (Wildman–Crippen LogP) is 2.95. The molecule has 1 heterocycles. The number of nitrogens with one attached hydrogen (secondary N) is 1. The molecule has 0 atom stereocenters. The summed E-state index contributed by atoms with van der Waals surface area (Å²) in [4.78, 5) is 25.6. The largest absolute Gasteiger partial charge is 0.454 e. The highest BCUT2D eigenvalue weighted by molar-refractivity contribution is 6.32. The fourth-order valence-electron chi connectivity index (χ4n) is 2.34. The fourth-order valence-corrected chi connectivity index (χ4v) is 2.61. The fraction of sp³-hybridized carbons (Fsp3) is 0.222. The minimum Gasteiger partial charge on any atom is -0.454 e. The molecular formula is C18H17ClN2O4. The van der Waals surface area contributed by atoms with E-state index in [1.807, 2.05) is 12.1 Å². The van der Waals surface area contributed by atoms with Gasteiger partial charge in [-0.25, -0.2) is 0 Å². The molecule has 0 fully saturated rings. The summed E-state index contributed by atoms with van der Waals surface area (Å²) < 4.78 is 10.5. The molecule has 0 unspecified atom stereocenters. The first-order chi connectivity index (χ1) is 11.9. The number of halogens is 1. The number of likely N-dealkylation sites (N-methyl/N-ethyl adjacent to an activating group) is 1. The number of amides is 2. The number of anilines is 1. The van der Waals surface area contributed by atoms with E-state index in [4.69, 9.17) is 21.1 Å². The van der Waals surface area contributed by atoms with Gasteiger partial charge in [0, 0.05) is 25.3 Å². The van der Waals surface area contributed by atoms with Gasteiger partial charge < -0.3 is 19.7 Å². The lowest BCUT2D eigenvalue weighted by Gasteiger charge is -2.11. The minimum atomic E-state index is -0.308. The van der Waals surface area contributed by atoms with Gasteiger partial charge in [-0.3, -0.25) is 9.59 Å². The van der Waals surface area contributed by atoms with E-state index in [0.29, 0.717) is 34.2 Å².